The third kappa shape index (κ3) is 5.97. The van der Waals surface area contributed by atoms with Crippen molar-refractivity contribution in [1.82, 2.24) is 5.32 Å². The van der Waals surface area contributed by atoms with Gasteiger partial charge in [0.2, 0.25) is 0 Å². The van der Waals surface area contributed by atoms with Crippen LogP contribution in [0.5, 0.6) is 0 Å². The van der Waals surface area contributed by atoms with E-state index in [1.165, 1.54) is 18.2 Å². The van der Waals surface area contributed by atoms with Crippen molar-refractivity contribution in [1.29, 1.82) is 5.26 Å². The van der Waals surface area contributed by atoms with E-state index in [0.29, 0.717) is 10.6 Å². The smallest absolute Gasteiger partial charge is 0.279 e. The Morgan fingerprint density at radius 3 is 2.50 bits per heavy atom. The van der Waals surface area contributed by atoms with Crippen molar-refractivity contribution >= 4 is 17.5 Å². The number of halogens is 1. The summed E-state index contributed by atoms with van der Waals surface area (Å²) in [6.07, 6.45) is 0. The zero-order chi connectivity index (χ0) is 18.3. The van der Waals surface area contributed by atoms with Crippen LogP contribution >= 0.6 is 0 Å². The quantitative estimate of drug-likeness (QED) is 0.671. The van der Waals surface area contributed by atoms with Crippen molar-refractivity contribution in [3.8, 4) is 6.07 Å². The Bertz CT molecular complexity index is 642. The van der Waals surface area contributed by atoms with Crippen LogP contribution in [0.4, 0.5) is 10.1 Å². The van der Waals surface area contributed by atoms with Crippen molar-refractivity contribution in [2.75, 3.05) is 25.5 Å². The lowest BCUT2D eigenvalue weighted by Crippen LogP contribution is -3.11. The SMILES string of the molecule is CC(C)[C@@](C)(C#N)NC(=O)C[NH+](C)CC(=O)Nc1cccc(F)c1. The lowest BCUT2D eigenvalue weighted by molar-refractivity contribution is -0.862. The molecular weight excluding hydrogens is 311 g/mol. The summed E-state index contributed by atoms with van der Waals surface area (Å²) < 4.78 is 13.1. The van der Waals surface area contributed by atoms with E-state index in [1.54, 1.807) is 20.0 Å². The molecule has 1 rings (SSSR count). The van der Waals surface area contributed by atoms with Crippen LogP contribution in [-0.4, -0.2) is 37.5 Å². The van der Waals surface area contributed by atoms with Gasteiger partial charge in [0.05, 0.1) is 13.1 Å². The number of nitrogens with zero attached hydrogens (tertiary/aromatic N) is 1. The monoisotopic (exact) mass is 335 g/mol. The van der Waals surface area contributed by atoms with Gasteiger partial charge in [-0.15, -0.1) is 0 Å². The number of amides is 2. The Kier molecular flexibility index (Phi) is 6.86. The van der Waals surface area contributed by atoms with Gasteiger partial charge in [-0.1, -0.05) is 19.9 Å². The van der Waals surface area contributed by atoms with E-state index in [-0.39, 0.29) is 30.8 Å². The van der Waals surface area contributed by atoms with Gasteiger partial charge in [-0.25, -0.2) is 4.39 Å². The number of carbonyl (C=O) groups excluding carboxylic acids is 2. The van der Waals surface area contributed by atoms with E-state index in [9.17, 15) is 19.2 Å². The van der Waals surface area contributed by atoms with Gasteiger partial charge in [-0.05, 0) is 31.0 Å². The molecule has 0 fully saturated rings. The summed E-state index contributed by atoms with van der Waals surface area (Å²) in [4.78, 5) is 24.6. The molecule has 6 nitrogen and oxygen atoms in total. The number of quaternary nitrogens is 1. The number of anilines is 1. The first-order chi connectivity index (χ1) is 11.2. The predicted molar refractivity (Wildman–Crippen MR) is 88.6 cm³/mol. The topological polar surface area (TPSA) is 86.4 Å². The van der Waals surface area contributed by atoms with E-state index < -0.39 is 11.4 Å². The molecule has 0 aromatic heterocycles. The Morgan fingerprint density at radius 1 is 1.33 bits per heavy atom. The molecular formula is C17H24FN4O2+. The van der Waals surface area contributed by atoms with Crippen LogP contribution < -0.4 is 15.5 Å². The van der Waals surface area contributed by atoms with E-state index in [4.69, 9.17) is 0 Å². The van der Waals surface area contributed by atoms with Crippen molar-refractivity contribution in [2.45, 2.75) is 26.3 Å². The van der Waals surface area contributed by atoms with Crippen molar-refractivity contribution in [3.63, 3.8) is 0 Å². The summed E-state index contributed by atoms with van der Waals surface area (Å²) in [6, 6.07) is 7.71. The van der Waals surface area contributed by atoms with Gasteiger partial charge in [-0.2, -0.15) is 5.26 Å². The summed E-state index contributed by atoms with van der Waals surface area (Å²) in [5, 5.41) is 14.5. The number of hydrogen-bond donors (Lipinski definition) is 3. The zero-order valence-corrected chi connectivity index (χ0v) is 14.4. The Labute approximate surface area is 141 Å². The van der Waals surface area contributed by atoms with Crippen molar-refractivity contribution in [3.05, 3.63) is 30.1 Å². The predicted octanol–water partition coefficient (Wildman–Crippen LogP) is 0.333. The first kappa shape index (κ1) is 19.6. The largest absolute Gasteiger partial charge is 0.333 e. The molecule has 2 amide bonds. The van der Waals surface area contributed by atoms with Crippen LogP contribution in [-0.2, 0) is 9.59 Å². The van der Waals surface area contributed by atoms with Crippen LogP contribution in [0, 0.1) is 23.1 Å². The minimum Gasteiger partial charge on any atom is -0.333 e. The first-order valence-electron chi connectivity index (χ1n) is 7.75. The van der Waals surface area contributed by atoms with Gasteiger partial charge in [-0.3, -0.25) is 9.59 Å². The number of rotatable bonds is 7. The van der Waals surface area contributed by atoms with Gasteiger partial charge in [0, 0.05) is 5.69 Å². The molecule has 1 unspecified atom stereocenters. The average molecular weight is 335 g/mol. The molecule has 0 aliphatic rings. The molecule has 0 aliphatic heterocycles. The fourth-order valence-corrected chi connectivity index (χ4v) is 2.02. The second-order valence-corrected chi connectivity index (χ2v) is 6.39. The molecule has 1 aromatic rings. The fraction of sp³-hybridized carbons (Fsp3) is 0.471. The van der Waals surface area contributed by atoms with Gasteiger partial charge in [0.25, 0.3) is 11.8 Å². The second-order valence-electron chi connectivity index (χ2n) is 6.39. The van der Waals surface area contributed by atoms with Crippen LogP contribution in [0.25, 0.3) is 0 Å². The summed E-state index contributed by atoms with van der Waals surface area (Å²) in [5.41, 5.74) is -0.574. The highest BCUT2D eigenvalue weighted by molar-refractivity contribution is 5.91. The summed E-state index contributed by atoms with van der Waals surface area (Å²) in [6.45, 7) is 5.48. The van der Waals surface area contributed by atoms with Gasteiger partial charge >= 0.3 is 0 Å². The van der Waals surface area contributed by atoms with Crippen molar-refractivity contribution in [2.24, 2.45) is 5.92 Å². The second kappa shape index (κ2) is 8.41. The van der Waals surface area contributed by atoms with Gasteiger partial charge in [0.1, 0.15) is 11.4 Å². The third-order valence-corrected chi connectivity index (χ3v) is 3.82. The molecule has 0 radical (unpaired) electrons. The number of nitriles is 1. The van der Waals surface area contributed by atoms with E-state index in [1.807, 2.05) is 13.8 Å². The molecule has 3 N–H and O–H groups in total. The molecule has 0 bridgehead atoms. The molecule has 0 saturated heterocycles. The molecule has 1 aromatic carbocycles. The number of benzene rings is 1. The van der Waals surface area contributed by atoms with Crippen molar-refractivity contribution < 1.29 is 18.9 Å². The van der Waals surface area contributed by atoms with E-state index in [2.05, 4.69) is 16.7 Å². The van der Waals surface area contributed by atoms with Gasteiger partial charge < -0.3 is 15.5 Å². The Balaban J connectivity index is 2.50. The minimum absolute atomic E-state index is 0.0389. The normalized spacial score (nSPS) is 14.4. The standard InChI is InChI=1S/C17H23FN4O2/c1-12(2)17(3,11-19)21-16(24)10-22(4)9-15(23)20-14-7-5-6-13(18)8-14/h5-8,12H,9-10H2,1-4H3,(H,20,23)(H,21,24)/p+1/t17-/m1/s1. The Hall–Kier alpha value is -2.46. The maximum atomic E-state index is 13.1. The molecule has 7 heteroatoms. The van der Waals surface area contributed by atoms with Crippen LogP contribution in [0.15, 0.2) is 24.3 Å². The molecule has 0 spiro atoms. The molecule has 24 heavy (non-hydrogen) atoms. The highest BCUT2D eigenvalue weighted by Gasteiger charge is 2.31. The summed E-state index contributed by atoms with van der Waals surface area (Å²) >= 11 is 0. The lowest BCUT2D eigenvalue weighted by atomic mass is 9.90. The van der Waals surface area contributed by atoms with Crippen LogP contribution in [0.1, 0.15) is 20.8 Å². The Morgan fingerprint density at radius 2 is 1.96 bits per heavy atom. The highest BCUT2D eigenvalue weighted by atomic mass is 19.1. The summed E-state index contributed by atoms with van der Waals surface area (Å²) in [5.74, 6) is -1.10. The lowest BCUT2D eigenvalue weighted by Gasteiger charge is -2.27. The number of nitrogens with one attached hydrogen (secondary N) is 3. The van der Waals surface area contributed by atoms with Gasteiger partial charge in [0.15, 0.2) is 13.1 Å². The van der Waals surface area contributed by atoms with E-state index in [0.717, 1.165) is 0 Å². The first-order valence-corrected chi connectivity index (χ1v) is 7.75. The molecule has 0 aliphatic carbocycles. The molecule has 130 valence electrons. The molecule has 2 atom stereocenters. The summed E-state index contributed by atoms with van der Waals surface area (Å²) in [7, 11) is 1.70. The fourth-order valence-electron chi connectivity index (χ4n) is 2.02. The molecule has 0 heterocycles. The third-order valence-electron chi connectivity index (χ3n) is 3.82. The maximum Gasteiger partial charge on any atom is 0.279 e. The van der Waals surface area contributed by atoms with Crippen LogP contribution in [0.3, 0.4) is 0 Å². The minimum atomic E-state index is -0.943. The zero-order valence-electron chi connectivity index (χ0n) is 14.4. The number of carbonyl (C=O) groups is 2. The average Bonchev–Trinajstić information content (AvgIpc) is 2.46. The highest BCUT2D eigenvalue weighted by Crippen LogP contribution is 2.14. The van der Waals surface area contributed by atoms with Crippen LogP contribution in [0.2, 0.25) is 0 Å². The molecule has 0 saturated carbocycles. The number of likely N-dealkylation sites (N-methyl/N-ethyl adjacent to an activating group) is 1. The number of hydrogen-bond acceptors (Lipinski definition) is 3. The van der Waals surface area contributed by atoms with E-state index >= 15 is 0 Å². The maximum absolute atomic E-state index is 13.1.